The molecule has 2 atom stereocenters. The molecule has 1 heterocycles. The molecule has 2 unspecified atom stereocenters. The van der Waals surface area contributed by atoms with Crippen LogP contribution in [0.25, 0.3) is 0 Å². The van der Waals surface area contributed by atoms with Gasteiger partial charge < -0.3 is 10.6 Å². The molecule has 0 spiro atoms. The summed E-state index contributed by atoms with van der Waals surface area (Å²) in [5.41, 5.74) is 0. The van der Waals surface area contributed by atoms with Crippen LogP contribution >= 0.6 is 12.4 Å². The molecule has 3 nitrogen and oxygen atoms in total. The molecule has 2 N–H and O–H groups in total. The van der Waals surface area contributed by atoms with Gasteiger partial charge in [-0.25, -0.2) is 0 Å². The normalized spacial score (nSPS) is 21.7. The maximum absolute atomic E-state index is 11.5. The second-order valence-corrected chi connectivity index (χ2v) is 4.38. The number of halogens is 1. The van der Waals surface area contributed by atoms with Gasteiger partial charge in [0.05, 0.1) is 0 Å². The van der Waals surface area contributed by atoms with Crippen molar-refractivity contribution in [3.05, 3.63) is 12.7 Å². The quantitative estimate of drug-likeness (QED) is 0.726. The van der Waals surface area contributed by atoms with Crippen LogP contribution in [-0.2, 0) is 4.79 Å². The van der Waals surface area contributed by atoms with Gasteiger partial charge in [-0.3, -0.25) is 4.79 Å². The van der Waals surface area contributed by atoms with E-state index < -0.39 is 0 Å². The van der Waals surface area contributed by atoms with Crippen molar-refractivity contribution in [1.29, 1.82) is 0 Å². The van der Waals surface area contributed by atoms with Crippen LogP contribution in [0.2, 0.25) is 0 Å². The van der Waals surface area contributed by atoms with E-state index in [0.29, 0.717) is 24.8 Å². The molecule has 0 bridgehead atoms. The molecule has 16 heavy (non-hydrogen) atoms. The van der Waals surface area contributed by atoms with E-state index in [0.717, 1.165) is 13.1 Å². The zero-order valence-electron chi connectivity index (χ0n) is 10.00. The van der Waals surface area contributed by atoms with Gasteiger partial charge in [-0.15, -0.1) is 19.0 Å². The first-order valence-electron chi connectivity index (χ1n) is 5.82. The van der Waals surface area contributed by atoms with Gasteiger partial charge in [0.25, 0.3) is 0 Å². The van der Waals surface area contributed by atoms with Gasteiger partial charge in [0.15, 0.2) is 0 Å². The van der Waals surface area contributed by atoms with Gasteiger partial charge >= 0.3 is 0 Å². The summed E-state index contributed by atoms with van der Waals surface area (Å²) in [5.74, 6) is 1.28. The van der Waals surface area contributed by atoms with E-state index in [-0.39, 0.29) is 18.3 Å². The molecular weight excluding hydrogens is 224 g/mol. The molecule has 1 aliphatic heterocycles. The van der Waals surface area contributed by atoms with Crippen molar-refractivity contribution in [2.24, 2.45) is 11.8 Å². The first kappa shape index (κ1) is 15.5. The Bertz CT molecular complexity index is 215. The van der Waals surface area contributed by atoms with Crippen LogP contribution in [0, 0.1) is 11.8 Å². The fourth-order valence-corrected chi connectivity index (χ4v) is 2.08. The number of nitrogens with one attached hydrogen (secondary N) is 2. The van der Waals surface area contributed by atoms with Gasteiger partial charge in [-0.05, 0) is 37.8 Å². The zero-order chi connectivity index (χ0) is 11.1. The van der Waals surface area contributed by atoms with Crippen molar-refractivity contribution in [3.8, 4) is 0 Å². The molecule has 0 aromatic carbocycles. The molecule has 1 saturated heterocycles. The SMILES string of the molecule is C=CCNC(=O)CC(C)C1CCCNC1.Cl. The molecule has 0 radical (unpaired) electrons. The predicted octanol–water partition coefficient (Wildman–Crippen LogP) is 1.74. The smallest absolute Gasteiger partial charge is 0.220 e. The zero-order valence-corrected chi connectivity index (χ0v) is 10.8. The number of piperidine rings is 1. The number of hydrogen-bond donors (Lipinski definition) is 2. The van der Waals surface area contributed by atoms with E-state index in [1.807, 2.05) is 0 Å². The summed E-state index contributed by atoms with van der Waals surface area (Å²) in [6.07, 6.45) is 4.84. The topological polar surface area (TPSA) is 41.1 Å². The van der Waals surface area contributed by atoms with Gasteiger partial charge in [-0.2, -0.15) is 0 Å². The highest BCUT2D eigenvalue weighted by molar-refractivity contribution is 5.85. The van der Waals surface area contributed by atoms with Gasteiger partial charge in [-0.1, -0.05) is 13.0 Å². The second-order valence-electron chi connectivity index (χ2n) is 4.38. The summed E-state index contributed by atoms with van der Waals surface area (Å²) in [5, 5.41) is 6.21. The monoisotopic (exact) mass is 246 g/mol. The lowest BCUT2D eigenvalue weighted by atomic mass is 9.85. The summed E-state index contributed by atoms with van der Waals surface area (Å²) in [7, 11) is 0. The molecule has 1 aliphatic rings. The molecule has 1 amide bonds. The highest BCUT2D eigenvalue weighted by Gasteiger charge is 2.21. The third-order valence-corrected chi connectivity index (χ3v) is 3.09. The van der Waals surface area contributed by atoms with Crippen molar-refractivity contribution < 1.29 is 4.79 Å². The van der Waals surface area contributed by atoms with E-state index in [9.17, 15) is 4.79 Å². The minimum atomic E-state index is 0. The summed E-state index contributed by atoms with van der Waals surface area (Å²) < 4.78 is 0. The predicted molar refractivity (Wildman–Crippen MR) is 69.8 cm³/mol. The lowest BCUT2D eigenvalue weighted by molar-refractivity contribution is -0.122. The molecule has 0 aliphatic carbocycles. The average molecular weight is 247 g/mol. The highest BCUT2D eigenvalue weighted by Crippen LogP contribution is 2.22. The van der Waals surface area contributed by atoms with Crippen LogP contribution in [-0.4, -0.2) is 25.5 Å². The lowest BCUT2D eigenvalue weighted by Crippen LogP contribution is -2.35. The molecular formula is C12H23ClN2O. The van der Waals surface area contributed by atoms with Crippen LogP contribution in [0.15, 0.2) is 12.7 Å². The largest absolute Gasteiger partial charge is 0.353 e. The fraction of sp³-hybridized carbons (Fsp3) is 0.750. The molecule has 4 heteroatoms. The minimum Gasteiger partial charge on any atom is -0.353 e. The Hall–Kier alpha value is -0.540. The van der Waals surface area contributed by atoms with E-state index in [4.69, 9.17) is 0 Å². The van der Waals surface area contributed by atoms with Crippen LogP contribution in [0.4, 0.5) is 0 Å². The number of carbonyl (C=O) groups is 1. The summed E-state index contributed by atoms with van der Waals surface area (Å²) in [4.78, 5) is 11.5. The van der Waals surface area contributed by atoms with Crippen LogP contribution < -0.4 is 10.6 Å². The van der Waals surface area contributed by atoms with Crippen molar-refractivity contribution >= 4 is 18.3 Å². The van der Waals surface area contributed by atoms with Crippen molar-refractivity contribution in [1.82, 2.24) is 10.6 Å². The third kappa shape index (κ3) is 5.52. The Morgan fingerprint density at radius 3 is 3.00 bits per heavy atom. The van der Waals surface area contributed by atoms with E-state index in [2.05, 4.69) is 24.1 Å². The first-order valence-corrected chi connectivity index (χ1v) is 5.82. The Kier molecular flexibility index (Phi) is 8.30. The Labute approximate surface area is 104 Å². The highest BCUT2D eigenvalue weighted by atomic mass is 35.5. The number of carbonyl (C=O) groups excluding carboxylic acids is 1. The summed E-state index contributed by atoms with van der Waals surface area (Å²) >= 11 is 0. The molecule has 1 fully saturated rings. The Balaban J connectivity index is 0.00000225. The molecule has 94 valence electrons. The van der Waals surface area contributed by atoms with Crippen LogP contribution in [0.1, 0.15) is 26.2 Å². The van der Waals surface area contributed by atoms with Crippen molar-refractivity contribution in [2.45, 2.75) is 26.2 Å². The van der Waals surface area contributed by atoms with Gasteiger partial charge in [0.2, 0.25) is 5.91 Å². The average Bonchev–Trinajstić information content (AvgIpc) is 2.27. The number of amides is 1. The van der Waals surface area contributed by atoms with E-state index in [1.165, 1.54) is 12.8 Å². The van der Waals surface area contributed by atoms with Crippen LogP contribution in [0.3, 0.4) is 0 Å². The third-order valence-electron chi connectivity index (χ3n) is 3.09. The molecule has 0 aromatic rings. The van der Waals surface area contributed by atoms with Crippen LogP contribution in [0.5, 0.6) is 0 Å². The number of rotatable bonds is 5. The van der Waals surface area contributed by atoms with Crippen molar-refractivity contribution in [2.75, 3.05) is 19.6 Å². The minimum absolute atomic E-state index is 0. The fourth-order valence-electron chi connectivity index (χ4n) is 2.08. The molecule has 1 rings (SSSR count). The molecule has 0 saturated carbocycles. The van der Waals surface area contributed by atoms with E-state index >= 15 is 0 Å². The van der Waals surface area contributed by atoms with Gasteiger partial charge in [0, 0.05) is 13.0 Å². The number of hydrogen-bond acceptors (Lipinski definition) is 2. The van der Waals surface area contributed by atoms with Gasteiger partial charge in [0.1, 0.15) is 0 Å². The first-order chi connectivity index (χ1) is 7.24. The maximum atomic E-state index is 11.5. The summed E-state index contributed by atoms with van der Waals surface area (Å²) in [6.45, 7) is 8.52. The Morgan fingerprint density at radius 1 is 1.69 bits per heavy atom. The lowest BCUT2D eigenvalue weighted by Gasteiger charge is -2.27. The Morgan fingerprint density at radius 2 is 2.44 bits per heavy atom. The van der Waals surface area contributed by atoms with E-state index in [1.54, 1.807) is 6.08 Å². The summed E-state index contributed by atoms with van der Waals surface area (Å²) in [6, 6.07) is 0. The standard InChI is InChI=1S/C12H22N2O.ClH/c1-3-6-14-12(15)8-10(2)11-5-4-7-13-9-11;/h3,10-11,13H,1,4-9H2,2H3,(H,14,15);1H. The van der Waals surface area contributed by atoms with Crippen molar-refractivity contribution in [3.63, 3.8) is 0 Å². The second kappa shape index (κ2) is 8.59. The molecule has 0 aromatic heterocycles. The maximum Gasteiger partial charge on any atom is 0.220 e.